The summed E-state index contributed by atoms with van der Waals surface area (Å²) in [6.07, 6.45) is 1.66. The second kappa shape index (κ2) is 3.54. The van der Waals surface area contributed by atoms with E-state index in [1.54, 1.807) is 0 Å². The van der Waals surface area contributed by atoms with E-state index in [9.17, 15) is 5.11 Å². The lowest BCUT2D eigenvalue weighted by Crippen LogP contribution is -2.07. The van der Waals surface area contributed by atoms with Gasteiger partial charge in [-0.15, -0.1) is 6.58 Å². The highest BCUT2D eigenvalue weighted by molar-refractivity contribution is 5.24. The number of aromatic amines is 1. The summed E-state index contributed by atoms with van der Waals surface area (Å²) in [5, 5.41) is 16.2. The Morgan fingerprint density at radius 3 is 2.75 bits per heavy atom. The van der Waals surface area contributed by atoms with Crippen LogP contribution in [-0.4, -0.2) is 21.4 Å². The maximum atomic E-state index is 9.32. The summed E-state index contributed by atoms with van der Waals surface area (Å²) in [6, 6.07) is 0. The zero-order valence-corrected chi connectivity index (χ0v) is 7.46. The van der Waals surface area contributed by atoms with Crippen molar-refractivity contribution < 1.29 is 5.11 Å². The highest BCUT2D eigenvalue weighted by Crippen LogP contribution is 2.11. The van der Waals surface area contributed by atoms with E-state index in [2.05, 4.69) is 16.8 Å². The molecule has 0 saturated heterocycles. The molecule has 1 rings (SSSR count). The van der Waals surface area contributed by atoms with Crippen LogP contribution in [0.3, 0.4) is 0 Å². The van der Waals surface area contributed by atoms with Gasteiger partial charge < -0.3 is 5.11 Å². The molecular weight excluding hydrogens is 152 g/mol. The predicted molar refractivity (Wildman–Crippen MR) is 48.0 cm³/mol. The summed E-state index contributed by atoms with van der Waals surface area (Å²) in [6.45, 7) is 7.39. The molecule has 1 aromatic rings. The van der Waals surface area contributed by atoms with Crippen molar-refractivity contribution in [2.75, 3.05) is 0 Å². The lowest BCUT2D eigenvalue weighted by molar-refractivity contribution is 0.224. The first-order chi connectivity index (χ1) is 5.65. The second-order valence-electron chi connectivity index (χ2n) is 2.92. The first-order valence-electron chi connectivity index (χ1n) is 3.96. The van der Waals surface area contributed by atoms with Crippen molar-refractivity contribution in [1.29, 1.82) is 0 Å². The molecule has 0 aromatic carbocycles. The van der Waals surface area contributed by atoms with Crippen molar-refractivity contribution in [3.05, 3.63) is 29.6 Å². The molecule has 2 N–H and O–H groups in total. The quantitative estimate of drug-likeness (QED) is 0.661. The Balaban J connectivity index is 2.80. The third-order valence-electron chi connectivity index (χ3n) is 1.97. The van der Waals surface area contributed by atoms with Crippen molar-refractivity contribution in [3.63, 3.8) is 0 Å². The van der Waals surface area contributed by atoms with Crippen molar-refractivity contribution in [2.24, 2.45) is 0 Å². The maximum Gasteiger partial charge on any atom is 0.0759 e. The molecule has 0 unspecified atom stereocenters. The summed E-state index contributed by atoms with van der Waals surface area (Å²) in [7, 11) is 0. The first kappa shape index (κ1) is 9.00. The van der Waals surface area contributed by atoms with Crippen LogP contribution in [0.5, 0.6) is 0 Å². The van der Waals surface area contributed by atoms with Crippen molar-refractivity contribution in [1.82, 2.24) is 10.2 Å². The zero-order valence-electron chi connectivity index (χ0n) is 7.46. The fraction of sp³-hybridized carbons (Fsp3) is 0.444. The Morgan fingerprint density at radius 2 is 2.33 bits per heavy atom. The predicted octanol–water partition coefficient (Wildman–Crippen LogP) is 1.12. The lowest BCUT2D eigenvalue weighted by Gasteiger charge is -2.04. The molecule has 0 aliphatic heterocycles. The minimum absolute atomic E-state index is 0.472. The Morgan fingerprint density at radius 1 is 1.67 bits per heavy atom. The van der Waals surface area contributed by atoms with Crippen LogP contribution >= 0.6 is 0 Å². The molecule has 0 radical (unpaired) electrons. The smallest absolute Gasteiger partial charge is 0.0759 e. The van der Waals surface area contributed by atoms with E-state index < -0.39 is 6.10 Å². The van der Waals surface area contributed by atoms with Gasteiger partial charge in [-0.25, -0.2) is 0 Å². The highest BCUT2D eigenvalue weighted by atomic mass is 16.3. The van der Waals surface area contributed by atoms with Crippen LogP contribution in [0.15, 0.2) is 12.7 Å². The first-order valence-corrected chi connectivity index (χ1v) is 3.96. The van der Waals surface area contributed by atoms with E-state index in [0.29, 0.717) is 6.42 Å². The number of H-pyrrole nitrogens is 1. The SMILES string of the molecule is C=C[C@@H](O)Cc1c(C)n[nH]c1C. The Labute approximate surface area is 72.1 Å². The largest absolute Gasteiger partial charge is 0.389 e. The number of nitrogens with one attached hydrogen (secondary N) is 1. The number of hydrogen-bond acceptors (Lipinski definition) is 2. The Kier molecular flexibility index (Phi) is 2.65. The van der Waals surface area contributed by atoms with Crippen LogP contribution in [0.4, 0.5) is 0 Å². The number of aromatic nitrogens is 2. The fourth-order valence-electron chi connectivity index (χ4n) is 1.17. The molecule has 1 atom stereocenters. The van der Waals surface area contributed by atoms with Gasteiger partial charge in [0, 0.05) is 12.1 Å². The van der Waals surface area contributed by atoms with Crippen molar-refractivity contribution in [3.8, 4) is 0 Å². The average molecular weight is 166 g/mol. The average Bonchev–Trinajstić information content (AvgIpc) is 2.35. The minimum Gasteiger partial charge on any atom is -0.389 e. The molecular formula is C9H14N2O. The Hall–Kier alpha value is -1.09. The van der Waals surface area contributed by atoms with E-state index in [4.69, 9.17) is 0 Å². The molecule has 1 aromatic heterocycles. The van der Waals surface area contributed by atoms with Gasteiger partial charge >= 0.3 is 0 Å². The lowest BCUT2D eigenvalue weighted by atomic mass is 10.1. The number of hydrogen-bond donors (Lipinski definition) is 2. The van der Waals surface area contributed by atoms with Crippen LogP contribution in [0.2, 0.25) is 0 Å². The molecule has 0 spiro atoms. The van der Waals surface area contributed by atoms with Crippen LogP contribution in [0.25, 0.3) is 0 Å². The zero-order chi connectivity index (χ0) is 9.14. The molecule has 66 valence electrons. The minimum atomic E-state index is -0.472. The van der Waals surface area contributed by atoms with Crippen LogP contribution in [0, 0.1) is 13.8 Å². The molecule has 0 bridgehead atoms. The highest BCUT2D eigenvalue weighted by Gasteiger charge is 2.09. The van der Waals surface area contributed by atoms with Crippen molar-refractivity contribution >= 4 is 0 Å². The third kappa shape index (κ3) is 1.74. The molecule has 0 amide bonds. The number of aliphatic hydroxyl groups is 1. The van der Waals surface area contributed by atoms with E-state index in [1.165, 1.54) is 6.08 Å². The van der Waals surface area contributed by atoms with Crippen LogP contribution in [-0.2, 0) is 6.42 Å². The number of rotatable bonds is 3. The fourth-order valence-corrected chi connectivity index (χ4v) is 1.17. The van der Waals surface area contributed by atoms with Gasteiger partial charge in [0.1, 0.15) is 0 Å². The van der Waals surface area contributed by atoms with Crippen LogP contribution < -0.4 is 0 Å². The second-order valence-corrected chi connectivity index (χ2v) is 2.92. The summed E-state index contributed by atoms with van der Waals surface area (Å²) in [5.74, 6) is 0. The summed E-state index contributed by atoms with van der Waals surface area (Å²) < 4.78 is 0. The van der Waals surface area contributed by atoms with E-state index in [-0.39, 0.29) is 0 Å². The molecule has 1 heterocycles. The van der Waals surface area contributed by atoms with Gasteiger partial charge in [0.25, 0.3) is 0 Å². The van der Waals surface area contributed by atoms with Gasteiger partial charge in [-0.05, 0) is 19.4 Å². The number of aryl methyl sites for hydroxylation is 2. The van der Waals surface area contributed by atoms with Gasteiger partial charge in [-0.3, -0.25) is 5.10 Å². The molecule has 12 heavy (non-hydrogen) atoms. The van der Waals surface area contributed by atoms with Gasteiger partial charge in [-0.1, -0.05) is 6.08 Å². The Bertz CT molecular complexity index is 259. The topological polar surface area (TPSA) is 48.9 Å². The summed E-state index contributed by atoms with van der Waals surface area (Å²) >= 11 is 0. The molecule has 0 aliphatic rings. The normalized spacial score (nSPS) is 12.9. The van der Waals surface area contributed by atoms with Crippen LogP contribution in [0.1, 0.15) is 17.0 Å². The van der Waals surface area contributed by atoms with Gasteiger partial charge in [0.15, 0.2) is 0 Å². The maximum absolute atomic E-state index is 9.32. The number of aliphatic hydroxyl groups excluding tert-OH is 1. The van der Waals surface area contributed by atoms with Gasteiger partial charge in [0.2, 0.25) is 0 Å². The third-order valence-corrected chi connectivity index (χ3v) is 1.97. The van der Waals surface area contributed by atoms with E-state index in [0.717, 1.165) is 17.0 Å². The van der Waals surface area contributed by atoms with Gasteiger partial charge in [0.05, 0.1) is 11.8 Å². The monoisotopic (exact) mass is 166 g/mol. The van der Waals surface area contributed by atoms with E-state index in [1.807, 2.05) is 13.8 Å². The van der Waals surface area contributed by atoms with E-state index >= 15 is 0 Å². The van der Waals surface area contributed by atoms with Crippen molar-refractivity contribution in [2.45, 2.75) is 26.4 Å². The molecule has 0 saturated carbocycles. The summed E-state index contributed by atoms with van der Waals surface area (Å²) in [5.41, 5.74) is 3.06. The molecule has 3 heteroatoms. The standard InChI is InChI=1S/C9H14N2O/c1-4-8(12)5-9-6(2)10-11-7(9)3/h4,8,12H,1,5H2,2-3H3,(H,10,11)/t8-/m1/s1. The summed E-state index contributed by atoms with van der Waals surface area (Å²) in [4.78, 5) is 0. The molecule has 0 aliphatic carbocycles. The van der Waals surface area contributed by atoms with Gasteiger partial charge in [-0.2, -0.15) is 5.10 Å². The molecule has 3 nitrogen and oxygen atoms in total. The number of nitrogens with zero attached hydrogens (tertiary/aromatic N) is 1. The molecule has 0 fully saturated rings.